The van der Waals surface area contributed by atoms with Crippen LogP contribution in [0.25, 0.3) is 0 Å². The monoisotopic (exact) mass is 288 g/mol. The van der Waals surface area contributed by atoms with E-state index in [0.717, 1.165) is 5.92 Å². The van der Waals surface area contributed by atoms with Crippen molar-refractivity contribution in [2.75, 3.05) is 32.7 Å². The molecule has 2 rings (SSSR count). The molecule has 1 N–H and O–H groups in total. The first-order valence-electron chi connectivity index (χ1n) is 8.77. The topological polar surface area (TPSA) is 15.3 Å². The van der Waals surface area contributed by atoms with Gasteiger partial charge in [-0.1, -0.05) is 44.2 Å². The molecule has 0 bridgehead atoms. The summed E-state index contributed by atoms with van der Waals surface area (Å²) in [7, 11) is 0. The second-order valence-electron chi connectivity index (χ2n) is 6.61. The van der Waals surface area contributed by atoms with Crippen molar-refractivity contribution in [1.82, 2.24) is 10.2 Å². The summed E-state index contributed by atoms with van der Waals surface area (Å²) in [5.74, 6) is 1.52. The maximum absolute atomic E-state index is 3.55. The summed E-state index contributed by atoms with van der Waals surface area (Å²) in [6.45, 7) is 10.9. The van der Waals surface area contributed by atoms with Crippen molar-refractivity contribution in [1.29, 1.82) is 0 Å². The average Bonchev–Trinajstić information content (AvgIpc) is 2.54. The summed E-state index contributed by atoms with van der Waals surface area (Å²) in [5.41, 5.74) is 1.48. The van der Waals surface area contributed by atoms with E-state index in [4.69, 9.17) is 0 Å². The Morgan fingerprint density at radius 3 is 2.71 bits per heavy atom. The second-order valence-corrected chi connectivity index (χ2v) is 6.61. The first-order chi connectivity index (χ1) is 10.3. The molecule has 1 fully saturated rings. The summed E-state index contributed by atoms with van der Waals surface area (Å²) < 4.78 is 0. The summed E-state index contributed by atoms with van der Waals surface area (Å²) in [5, 5.41) is 3.55. The maximum atomic E-state index is 3.55. The van der Waals surface area contributed by atoms with Gasteiger partial charge in [0.2, 0.25) is 0 Å². The van der Waals surface area contributed by atoms with Crippen molar-refractivity contribution in [3.05, 3.63) is 35.9 Å². The third-order valence-corrected chi connectivity index (χ3v) is 4.70. The molecule has 1 aromatic rings. The standard InChI is InChI=1S/C19H32N2/c1-3-13-21(16-18-8-7-12-20-15-18)14-11-17(2)19-9-5-4-6-10-19/h4-6,9-10,17-18,20H,3,7-8,11-16H2,1-2H3. The second kappa shape index (κ2) is 9.22. The zero-order chi connectivity index (χ0) is 14.9. The van der Waals surface area contributed by atoms with Crippen LogP contribution in [-0.4, -0.2) is 37.6 Å². The Bertz CT molecular complexity index is 370. The van der Waals surface area contributed by atoms with Crippen LogP contribution >= 0.6 is 0 Å². The average molecular weight is 288 g/mol. The normalized spacial score (nSPS) is 20.6. The van der Waals surface area contributed by atoms with Gasteiger partial charge in [-0.3, -0.25) is 0 Å². The van der Waals surface area contributed by atoms with Crippen molar-refractivity contribution in [3.8, 4) is 0 Å². The van der Waals surface area contributed by atoms with Crippen LogP contribution in [0, 0.1) is 5.92 Å². The van der Waals surface area contributed by atoms with E-state index in [0.29, 0.717) is 5.92 Å². The number of hydrogen-bond donors (Lipinski definition) is 1. The maximum Gasteiger partial charge on any atom is 0.00218 e. The molecule has 0 spiro atoms. The minimum absolute atomic E-state index is 0.662. The van der Waals surface area contributed by atoms with Crippen molar-refractivity contribution in [3.63, 3.8) is 0 Å². The highest BCUT2D eigenvalue weighted by molar-refractivity contribution is 5.18. The fourth-order valence-corrected chi connectivity index (χ4v) is 3.38. The molecule has 118 valence electrons. The van der Waals surface area contributed by atoms with Crippen LogP contribution in [0.2, 0.25) is 0 Å². The van der Waals surface area contributed by atoms with Crippen LogP contribution in [0.4, 0.5) is 0 Å². The van der Waals surface area contributed by atoms with Crippen LogP contribution in [-0.2, 0) is 0 Å². The highest BCUT2D eigenvalue weighted by Crippen LogP contribution is 2.20. The van der Waals surface area contributed by atoms with E-state index in [9.17, 15) is 0 Å². The molecule has 1 aromatic carbocycles. The third-order valence-electron chi connectivity index (χ3n) is 4.70. The SMILES string of the molecule is CCCN(CCC(C)c1ccccc1)CC1CCCNC1. The molecule has 1 saturated heterocycles. The molecule has 2 atom stereocenters. The van der Waals surface area contributed by atoms with Gasteiger partial charge in [0.05, 0.1) is 0 Å². The van der Waals surface area contributed by atoms with Crippen LogP contribution in [0.5, 0.6) is 0 Å². The highest BCUT2D eigenvalue weighted by atomic mass is 15.1. The van der Waals surface area contributed by atoms with E-state index in [1.807, 2.05) is 0 Å². The number of hydrogen-bond acceptors (Lipinski definition) is 2. The summed E-state index contributed by atoms with van der Waals surface area (Å²) in [4.78, 5) is 2.69. The lowest BCUT2D eigenvalue weighted by molar-refractivity contribution is 0.203. The van der Waals surface area contributed by atoms with Gasteiger partial charge >= 0.3 is 0 Å². The molecule has 2 unspecified atom stereocenters. The fraction of sp³-hybridized carbons (Fsp3) is 0.684. The first-order valence-corrected chi connectivity index (χ1v) is 8.77. The number of benzene rings is 1. The quantitative estimate of drug-likeness (QED) is 0.780. The zero-order valence-electron chi connectivity index (χ0n) is 13.9. The molecule has 0 aromatic heterocycles. The van der Waals surface area contributed by atoms with E-state index in [-0.39, 0.29) is 0 Å². The van der Waals surface area contributed by atoms with Gasteiger partial charge in [0.15, 0.2) is 0 Å². The zero-order valence-corrected chi connectivity index (χ0v) is 13.9. The lowest BCUT2D eigenvalue weighted by atomic mass is 9.96. The summed E-state index contributed by atoms with van der Waals surface area (Å²) in [6.07, 6.45) is 5.29. The Morgan fingerprint density at radius 1 is 1.24 bits per heavy atom. The van der Waals surface area contributed by atoms with E-state index in [2.05, 4.69) is 54.4 Å². The van der Waals surface area contributed by atoms with Crippen LogP contribution in [0.1, 0.15) is 51.0 Å². The van der Waals surface area contributed by atoms with Gasteiger partial charge in [0.25, 0.3) is 0 Å². The van der Waals surface area contributed by atoms with Gasteiger partial charge in [0.1, 0.15) is 0 Å². The number of nitrogens with one attached hydrogen (secondary N) is 1. The molecular formula is C19H32N2. The van der Waals surface area contributed by atoms with Crippen molar-refractivity contribution < 1.29 is 0 Å². The Kier molecular flexibility index (Phi) is 7.25. The molecule has 1 aliphatic heterocycles. The predicted molar refractivity (Wildman–Crippen MR) is 91.8 cm³/mol. The fourth-order valence-electron chi connectivity index (χ4n) is 3.38. The van der Waals surface area contributed by atoms with Gasteiger partial charge in [-0.25, -0.2) is 0 Å². The smallest absolute Gasteiger partial charge is 0.00218 e. The van der Waals surface area contributed by atoms with Crippen molar-refractivity contribution >= 4 is 0 Å². The van der Waals surface area contributed by atoms with Crippen LogP contribution in [0.3, 0.4) is 0 Å². The summed E-state index contributed by atoms with van der Waals surface area (Å²) in [6, 6.07) is 10.9. The van der Waals surface area contributed by atoms with E-state index in [1.54, 1.807) is 0 Å². The highest BCUT2D eigenvalue weighted by Gasteiger charge is 2.17. The summed E-state index contributed by atoms with van der Waals surface area (Å²) >= 11 is 0. The molecule has 0 saturated carbocycles. The lowest BCUT2D eigenvalue weighted by Gasteiger charge is -2.30. The molecule has 1 aliphatic rings. The third kappa shape index (κ3) is 5.80. The molecule has 2 nitrogen and oxygen atoms in total. The van der Waals surface area contributed by atoms with Gasteiger partial charge in [-0.2, -0.15) is 0 Å². The predicted octanol–water partition coefficient (Wildman–Crippen LogP) is 3.89. The minimum Gasteiger partial charge on any atom is -0.316 e. The largest absolute Gasteiger partial charge is 0.316 e. The number of piperidine rings is 1. The van der Waals surface area contributed by atoms with Crippen LogP contribution in [0.15, 0.2) is 30.3 Å². The van der Waals surface area contributed by atoms with Gasteiger partial charge in [-0.05, 0) is 69.3 Å². The van der Waals surface area contributed by atoms with Gasteiger partial charge in [-0.15, -0.1) is 0 Å². The molecule has 0 aliphatic carbocycles. The van der Waals surface area contributed by atoms with E-state index in [1.165, 1.54) is 64.0 Å². The Hall–Kier alpha value is -0.860. The van der Waals surface area contributed by atoms with Gasteiger partial charge in [0, 0.05) is 6.54 Å². The molecule has 0 amide bonds. The van der Waals surface area contributed by atoms with Crippen molar-refractivity contribution in [2.45, 2.75) is 45.4 Å². The minimum atomic E-state index is 0.662. The Labute approximate surface area is 130 Å². The number of nitrogens with zero attached hydrogens (tertiary/aromatic N) is 1. The van der Waals surface area contributed by atoms with Crippen molar-refractivity contribution in [2.24, 2.45) is 5.92 Å². The molecular weight excluding hydrogens is 256 g/mol. The Morgan fingerprint density at radius 2 is 2.05 bits per heavy atom. The lowest BCUT2D eigenvalue weighted by Crippen LogP contribution is -2.39. The van der Waals surface area contributed by atoms with E-state index < -0.39 is 0 Å². The molecule has 1 heterocycles. The van der Waals surface area contributed by atoms with E-state index >= 15 is 0 Å². The molecule has 21 heavy (non-hydrogen) atoms. The molecule has 0 radical (unpaired) electrons. The molecule has 2 heteroatoms. The van der Waals surface area contributed by atoms with Crippen LogP contribution < -0.4 is 5.32 Å². The Balaban J connectivity index is 1.78. The number of rotatable bonds is 8. The first kappa shape index (κ1) is 16.5. The van der Waals surface area contributed by atoms with Gasteiger partial charge < -0.3 is 10.2 Å².